The number of rotatable bonds is 6. The van der Waals surface area contributed by atoms with Gasteiger partial charge in [-0.2, -0.15) is 0 Å². The highest BCUT2D eigenvalue weighted by atomic mass is 16.5. The molecular weight excluding hydrogens is 290 g/mol. The van der Waals surface area contributed by atoms with Crippen LogP contribution in [-0.2, 0) is 4.79 Å². The van der Waals surface area contributed by atoms with Gasteiger partial charge in [-0.25, -0.2) is 0 Å². The molecule has 4 nitrogen and oxygen atoms in total. The van der Waals surface area contributed by atoms with E-state index in [4.69, 9.17) is 9.47 Å². The topological polar surface area (TPSA) is 47.6 Å². The van der Waals surface area contributed by atoms with Crippen molar-refractivity contribution in [3.63, 3.8) is 0 Å². The molecule has 0 aromatic heterocycles. The van der Waals surface area contributed by atoms with Gasteiger partial charge in [-0.1, -0.05) is 23.8 Å². The summed E-state index contributed by atoms with van der Waals surface area (Å²) >= 11 is 0. The first-order chi connectivity index (χ1) is 10.9. The summed E-state index contributed by atoms with van der Waals surface area (Å²) < 4.78 is 11.3. The maximum absolute atomic E-state index is 12.2. The zero-order chi connectivity index (χ0) is 16.8. The molecular formula is C19H23NO3. The van der Waals surface area contributed by atoms with E-state index in [1.165, 1.54) is 0 Å². The van der Waals surface area contributed by atoms with Crippen molar-refractivity contribution in [3.8, 4) is 11.5 Å². The van der Waals surface area contributed by atoms with Gasteiger partial charge in [-0.05, 0) is 52.0 Å². The molecule has 2 rings (SSSR count). The van der Waals surface area contributed by atoms with Crippen molar-refractivity contribution in [1.29, 1.82) is 0 Å². The monoisotopic (exact) mass is 313 g/mol. The summed E-state index contributed by atoms with van der Waals surface area (Å²) in [7, 11) is 0. The largest absolute Gasteiger partial charge is 0.491 e. The Morgan fingerprint density at radius 1 is 0.957 bits per heavy atom. The Hall–Kier alpha value is -2.49. The van der Waals surface area contributed by atoms with Gasteiger partial charge in [0.05, 0.1) is 6.10 Å². The van der Waals surface area contributed by atoms with Crippen molar-refractivity contribution >= 4 is 11.6 Å². The molecule has 23 heavy (non-hydrogen) atoms. The van der Waals surface area contributed by atoms with Crippen LogP contribution in [0.25, 0.3) is 0 Å². The average Bonchev–Trinajstić information content (AvgIpc) is 2.49. The molecule has 2 aromatic rings. The van der Waals surface area contributed by atoms with E-state index >= 15 is 0 Å². The van der Waals surface area contributed by atoms with Crippen molar-refractivity contribution in [2.24, 2.45) is 0 Å². The fourth-order valence-electron chi connectivity index (χ4n) is 2.04. The highest BCUT2D eigenvalue weighted by molar-refractivity contribution is 5.94. The predicted octanol–water partition coefficient (Wildman–Crippen LogP) is 4.19. The molecule has 2 aromatic carbocycles. The molecule has 0 aliphatic rings. The van der Waals surface area contributed by atoms with Gasteiger partial charge in [-0.15, -0.1) is 0 Å². The second kappa shape index (κ2) is 7.68. The molecule has 0 aliphatic heterocycles. The Morgan fingerprint density at radius 2 is 1.65 bits per heavy atom. The number of nitrogens with one attached hydrogen (secondary N) is 1. The van der Waals surface area contributed by atoms with Gasteiger partial charge in [0.2, 0.25) is 0 Å². The van der Waals surface area contributed by atoms with Crippen LogP contribution in [0.5, 0.6) is 11.5 Å². The third-order valence-electron chi connectivity index (χ3n) is 3.18. The van der Waals surface area contributed by atoms with E-state index in [9.17, 15) is 4.79 Å². The van der Waals surface area contributed by atoms with E-state index < -0.39 is 6.10 Å². The second-order valence-electron chi connectivity index (χ2n) is 5.76. The highest BCUT2D eigenvalue weighted by Crippen LogP contribution is 2.19. The van der Waals surface area contributed by atoms with Gasteiger partial charge >= 0.3 is 0 Å². The van der Waals surface area contributed by atoms with E-state index in [2.05, 4.69) is 5.32 Å². The van der Waals surface area contributed by atoms with E-state index in [-0.39, 0.29) is 12.0 Å². The molecule has 122 valence electrons. The molecule has 0 fully saturated rings. The first kappa shape index (κ1) is 16.9. The molecule has 0 bridgehead atoms. The Balaban J connectivity index is 1.96. The van der Waals surface area contributed by atoms with Crippen molar-refractivity contribution in [2.45, 2.75) is 39.9 Å². The average molecular weight is 313 g/mol. The van der Waals surface area contributed by atoms with E-state index in [0.717, 1.165) is 11.3 Å². The number of ether oxygens (including phenoxy) is 2. The van der Waals surface area contributed by atoms with E-state index in [1.54, 1.807) is 13.0 Å². The zero-order valence-corrected chi connectivity index (χ0v) is 14.0. The third-order valence-corrected chi connectivity index (χ3v) is 3.18. The molecule has 0 saturated carbocycles. The lowest BCUT2D eigenvalue weighted by Gasteiger charge is -2.16. The molecule has 0 saturated heterocycles. The minimum atomic E-state index is -0.590. The Kier molecular flexibility index (Phi) is 5.63. The van der Waals surface area contributed by atoms with Crippen LogP contribution >= 0.6 is 0 Å². The third kappa shape index (κ3) is 5.33. The normalized spacial score (nSPS) is 11.9. The maximum Gasteiger partial charge on any atom is 0.265 e. The van der Waals surface area contributed by atoms with Crippen LogP contribution in [0, 0.1) is 6.92 Å². The van der Waals surface area contributed by atoms with E-state index in [0.29, 0.717) is 11.4 Å². The maximum atomic E-state index is 12.2. The second-order valence-corrected chi connectivity index (χ2v) is 5.76. The van der Waals surface area contributed by atoms with Crippen LogP contribution in [0.1, 0.15) is 26.3 Å². The molecule has 1 N–H and O–H groups in total. The van der Waals surface area contributed by atoms with Gasteiger partial charge < -0.3 is 14.8 Å². The van der Waals surface area contributed by atoms with Gasteiger partial charge in [0, 0.05) is 11.8 Å². The van der Waals surface area contributed by atoms with Gasteiger partial charge in [0.1, 0.15) is 11.5 Å². The van der Waals surface area contributed by atoms with Crippen molar-refractivity contribution in [3.05, 3.63) is 54.1 Å². The SMILES string of the molecule is Cc1ccc(O[C@@H](C)C(=O)Nc2cccc(OC(C)C)c2)cc1. The number of aryl methyl sites for hydroxylation is 1. The number of amides is 1. The smallest absolute Gasteiger partial charge is 0.265 e. The molecule has 0 radical (unpaired) electrons. The van der Waals surface area contributed by atoms with Gasteiger partial charge in [-0.3, -0.25) is 4.79 Å². The summed E-state index contributed by atoms with van der Waals surface area (Å²) in [6, 6.07) is 15.0. The van der Waals surface area contributed by atoms with Crippen LogP contribution in [0.15, 0.2) is 48.5 Å². The molecule has 1 atom stereocenters. The minimum absolute atomic E-state index is 0.0877. The van der Waals surface area contributed by atoms with Crippen LogP contribution in [0.2, 0.25) is 0 Å². The minimum Gasteiger partial charge on any atom is -0.491 e. The summed E-state index contributed by atoms with van der Waals surface area (Å²) in [6.45, 7) is 7.65. The Bertz CT molecular complexity index is 650. The van der Waals surface area contributed by atoms with Crippen molar-refractivity contribution in [1.82, 2.24) is 0 Å². The number of hydrogen-bond donors (Lipinski definition) is 1. The number of carbonyl (C=O) groups is 1. The summed E-state index contributed by atoms with van der Waals surface area (Å²) in [5.41, 5.74) is 1.84. The molecule has 0 spiro atoms. The van der Waals surface area contributed by atoms with Gasteiger partial charge in [0.25, 0.3) is 5.91 Å². The lowest BCUT2D eigenvalue weighted by Crippen LogP contribution is -2.30. The summed E-state index contributed by atoms with van der Waals surface area (Å²) in [5, 5.41) is 2.84. The van der Waals surface area contributed by atoms with Gasteiger partial charge in [0.15, 0.2) is 6.10 Å². The van der Waals surface area contributed by atoms with Crippen LogP contribution < -0.4 is 14.8 Å². The molecule has 0 unspecified atom stereocenters. The van der Waals surface area contributed by atoms with Crippen LogP contribution in [0.3, 0.4) is 0 Å². The lowest BCUT2D eigenvalue weighted by atomic mass is 10.2. The van der Waals surface area contributed by atoms with Crippen molar-refractivity contribution < 1.29 is 14.3 Å². The zero-order valence-electron chi connectivity index (χ0n) is 14.0. The summed E-state index contributed by atoms with van der Waals surface area (Å²) in [4.78, 5) is 12.2. The first-order valence-electron chi connectivity index (χ1n) is 7.75. The number of anilines is 1. The predicted molar refractivity (Wildman–Crippen MR) is 92.1 cm³/mol. The lowest BCUT2D eigenvalue weighted by molar-refractivity contribution is -0.122. The Labute approximate surface area is 137 Å². The number of benzene rings is 2. The Morgan fingerprint density at radius 3 is 2.30 bits per heavy atom. The van der Waals surface area contributed by atoms with Crippen molar-refractivity contribution in [2.75, 3.05) is 5.32 Å². The van der Waals surface area contributed by atoms with Crippen LogP contribution in [-0.4, -0.2) is 18.1 Å². The fourth-order valence-corrected chi connectivity index (χ4v) is 2.04. The first-order valence-corrected chi connectivity index (χ1v) is 7.75. The summed E-state index contributed by atoms with van der Waals surface area (Å²) in [5.74, 6) is 1.20. The summed E-state index contributed by atoms with van der Waals surface area (Å²) in [6.07, 6.45) is -0.503. The van der Waals surface area contributed by atoms with Crippen LogP contribution in [0.4, 0.5) is 5.69 Å². The fraction of sp³-hybridized carbons (Fsp3) is 0.316. The highest BCUT2D eigenvalue weighted by Gasteiger charge is 2.15. The number of hydrogen-bond acceptors (Lipinski definition) is 3. The number of carbonyl (C=O) groups excluding carboxylic acids is 1. The molecule has 0 heterocycles. The molecule has 0 aliphatic carbocycles. The molecule has 1 amide bonds. The quantitative estimate of drug-likeness (QED) is 0.870. The standard InChI is InChI=1S/C19H23NO3/c1-13(2)22-18-7-5-6-16(12-18)20-19(21)15(4)23-17-10-8-14(3)9-11-17/h5-13,15H,1-4H3,(H,20,21)/t15-/m0/s1. The molecule has 4 heteroatoms. The van der Waals surface area contributed by atoms with E-state index in [1.807, 2.05) is 63.2 Å².